The molecule has 0 saturated carbocycles. The van der Waals surface area contributed by atoms with Crippen molar-refractivity contribution in [2.45, 2.75) is 33.1 Å². The summed E-state index contributed by atoms with van der Waals surface area (Å²) in [5, 5.41) is 3.54. The van der Waals surface area contributed by atoms with Gasteiger partial charge in [-0.05, 0) is 36.9 Å². The third kappa shape index (κ3) is 4.43. The number of hydrogen-bond donors (Lipinski definition) is 1. The van der Waals surface area contributed by atoms with Crippen LogP contribution in [0.3, 0.4) is 0 Å². The van der Waals surface area contributed by atoms with Crippen LogP contribution in [-0.4, -0.2) is 26.8 Å². The highest BCUT2D eigenvalue weighted by atomic mass is 16.5. The second-order valence-corrected chi connectivity index (χ2v) is 5.10. The highest BCUT2D eigenvalue weighted by Gasteiger charge is 2.20. The molecular formula is C16H27NO. The molecule has 0 aliphatic heterocycles. The zero-order valence-corrected chi connectivity index (χ0v) is 12.2. The van der Waals surface area contributed by atoms with Crippen molar-refractivity contribution < 1.29 is 4.74 Å². The van der Waals surface area contributed by atoms with Crippen LogP contribution in [0.15, 0.2) is 24.3 Å². The highest BCUT2D eigenvalue weighted by molar-refractivity contribution is 5.30. The van der Waals surface area contributed by atoms with Gasteiger partial charge in [-0.15, -0.1) is 0 Å². The maximum Gasteiger partial charge on any atom is 0.0494 e. The molecule has 0 aliphatic carbocycles. The van der Waals surface area contributed by atoms with Crippen molar-refractivity contribution in [1.29, 1.82) is 0 Å². The molecule has 0 aromatic heterocycles. The largest absolute Gasteiger partial charge is 0.384 e. The monoisotopic (exact) mass is 249 g/mol. The van der Waals surface area contributed by atoms with Gasteiger partial charge in [0.15, 0.2) is 0 Å². The Labute approximate surface area is 112 Å². The second-order valence-electron chi connectivity index (χ2n) is 5.10. The fourth-order valence-electron chi connectivity index (χ4n) is 2.43. The molecule has 0 radical (unpaired) electrons. The molecule has 2 nitrogen and oxygen atoms in total. The molecule has 0 fully saturated rings. The van der Waals surface area contributed by atoms with E-state index in [9.17, 15) is 0 Å². The Balaban J connectivity index is 2.79. The van der Waals surface area contributed by atoms with Crippen molar-refractivity contribution in [3.8, 4) is 0 Å². The number of benzene rings is 1. The van der Waals surface area contributed by atoms with Crippen molar-refractivity contribution in [1.82, 2.24) is 5.32 Å². The lowest BCUT2D eigenvalue weighted by Gasteiger charge is -2.26. The minimum absolute atomic E-state index is 0.526. The Morgan fingerprint density at radius 1 is 1.28 bits per heavy atom. The SMILES string of the molecule is CCCNCC(c1ccccc1C)C(C)COC. The molecule has 18 heavy (non-hydrogen) atoms. The first kappa shape index (κ1) is 15.2. The van der Waals surface area contributed by atoms with Gasteiger partial charge in [-0.3, -0.25) is 0 Å². The third-order valence-corrected chi connectivity index (χ3v) is 3.50. The second kappa shape index (κ2) is 8.28. The molecule has 0 heterocycles. The molecule has 0 bridgehead atoms. The zero-order valence-electron chi connectivity index (χ0n) is 12.2. The summed E-state index contributed by atoms with van der Waals surface area (Å²) < 4.78 is 5.32. The van der Waals surface area contributed by atoms with Gasteiger partial charge in [0.05, 0.1) is 0 Å². The van der Waals surface area contributed by atoms with Crippen LogP contribution in [0.5, 0.6) is 0 Å². The molecule has 0 amide bonds. The van der Waals surface area contributed by atoms with Crippen LogP contribution < -0.4 is 5.32 Å². The summed E-state index contributed by atoms with van der Waals surface area (Å²) in [6.45, 7) is 9.60. The topological polar surface area (TPSA) is 21.3 Å². The van der Waals surface area contributed by atoms with Crippen molar-refractivity contribution in [2.75, 3.05) is 26.8 Å². The summed E-state index contributed by atoms with van der Waals surface area (Å²) in [6.07, 6.45) is 1.18. The van der Waals surface area contributed by atoms with Gasteiger partial charge in [-0.1, -0.05) is 38.1 Å². The molecule has 0 saturated heterocycles. The van der Waals surface area contributed by atoms with E-state index in [0.29, 0.717) is 11.8 Å². The maximum atomic E-state index is 5.32. The van der Waals surface area contributed by atoms with E-state index >= 15 is 0 Å². The van der Waals surface area contributed by atoms with Crippen LogP contribution in [0.1, 0.15) is 37.3 Å². The molecule has 1 rings (SSSR count). The minimum atomic E-state index is 0.526. The Kier molecular flexibility index (Phi) is 6.99. The van der Waals surface area contributed by atoms with Gasteiger partial charge in [-0.25, -0.2) is 0 Å². The minimum Gasteiger partial charge on any atom is -0.384 e. The lowest BCUT2D eigenvalue weighted by atomic mass is 9.85. The van der Waals surface area contributed by atoms with E-state index in [1.807, 2.05) is 0 Å². The number of aryl methyl sites for hydroxylation is 1. The molecular weight excluding hydrogens is 222 g/mol. The number of nitrogens with one attached hydrogen (secondary N) is 1. The Bertz CT molecular complexity index is 338. The highest BCUT2D eigenvalue weighted by Crippen LogP contribution is 2.26. The Morgan fingerprint density at radius 3 is 2.61 bits per heavy atom. The third-order valence-electron chi connectivity index (χ3n) is 3.50. The predicted molar refractivity (Wildman–Crippen MR) is 78.1 cm³/mol. The lowest BCUT2D eigenvalue weighted by molar-refractivity contribution is 0.146. The molecule has 1 aromatic carbocycles. The summed E-state index contributed by atoms with van der Waals surface area (Å²) in [7, 11) is 1.78. The summed E-state index contributed by atoms with van der Waals surface area (Å²) in [5.41, 5.74) is 2.83. The Hall–Kier alpha value is -0.860. The summed E-state index contributed by atoms with van der Waals surface area (Å²) in [6, 6.07) is 8.69. The number of methoxy groups -OCH3 is 1. The van der Waals surface area contributed by atoms with E-state index in [0.717, 1.165) is 19.7 Å². The number of ether oxygens (including phenoxy) is 1. The molecule has 102 valence electrons. The van der Waals surface area contributed by atoms with Gasteiger partial charge in [0.25, 0.3) is 0 Å². The lowest BCUT2D eigenvalue weighted by Crippen LogP contribution is -2.28. The van der Waals surface area contributed by atoms with Gasteiger partial charge in [0, 0.05) is 26.2 Å². The van der Waals surface area contributed by atoms with Crippen molar-refractivity contribution >= 4 is 0 Å². The van der Waals surface area contributed by atoms with Gasteiger partial charge >= 0.3 is 0 Å². The van der Waals surface area contributed by atoms with Crippen LogP contribution in [0.25, 0.3) is 0 Å². The summed E-state index contributed by atoms with van der Waals surface area (Å²) in [4.78, 5) is 0. The fourth-order valence-corrected chi connectivity index (χ4v) is 2.43. The first-order valence-electron chi connectivity index (χ1n) is 6.95. The van der Waals surface area contributed by atoms with Gasteiger partial charge in [0.2, 0.25) is 0 Å². The Morgan fingerprint density at radius 2 is 2.00 bits per heavy atom. The standard InChI is InChI=1S/C16H27NO/c1-5-10-17-11-16(14(3)12-18-4)15-9-7-6-8-13(15)2/h6-9,14,16-17H,5,10-12H2,1-4H3. The van der Waals surface area contributed by atoms with E-state index in [1.54, 1.807) is 7.11 Å². The van der Waals surface area contributed by atoms with Crippen LogP contribution >= 0.6 is 0 Å². The maximum absolute atomic E-state index is 5.32. The first-order valence-corrected chi connectivity index (χ1v) is 6.95. The van der Waals surface area contributed by atoms with Crippen LogP contribution in [0, 0.1) is 12.8 Å². The smallest absolute Gasteiger partial charge is 0.0494 e. The summed E-state index contributed by atoms with van der Waals surface area (Å²) in [5.74, 6) is 1.05. The van der Waals surface area contributed by atoms with Gasteiger partial charge in [0.1, 0.15) is 0 Å². The molecule has 0 aliphatic rings. The van der Waals surface area contributed by atoms with Gasteiger partial charge < -0.3 is 10.1 Å². The molecule has 2 unspecified atom stereocenters. The van der Waals surface area contributed by atoms with E-state index < -0.39 is 0 Å². The molecule has 2 heteroatoms. The van der Waals surface area contributed by atoms with Crippen molar-refractivity contribution in [3.05, 3.63) is 35.4 Å². The van der Waals surface area contributed by atoms with Crippen molar-refractivity contribution in [2.24, 2.45) is 5.92 Å². The van der Waals surface area contributed by atoms with Gasteiger partial charge in [-0.2, -0.15) is 0 Å². The molecule has 1 aromatic rings. The number of rotatable bonds is 8. The predicted octanol–water partition coefficient (Wildman–Crippen LogP) is 3.36. The van der Waals surface area contributed by atoms with Crippen LogP contribution in [0.4, 0.5) is 0 Å². The molecule has 1 N–H and O–H groups in total. The first-order chi connectivity index (χ1) is 8.70. The average molecular weight is 249 g/mol. The van der Waals surface area contributed by atoms with E-state index in [2.05, 4.69) is 50.4 Å². The van der Waals surface area contributed by atoms with E-state index in [1.165, 1.54) is 17.5 Å². The van der Waals surface area contributed by atoms with Crippen molar-refractivity contribution in [3.63, 3.8) is 0 Å². The average Bonchev–Trinajstić information content (AvgIpc) is 2.36. The molecule has 2 atom stereocenters. The number of hydrogen-bond acceptors (Lipinski definition) is 2. The fraction of sp³-hybridized carbons (Fsp3) is 0.625. The zero-order chi connectivity index (χ0) is 13.4. The normalized spacial score (nSPS) is 14.4. The molecule has 0 spiro atoms. The van der Waals surface area contributed by atoms with E-state index in [-0.39, 0.29) is 0 Å². The quantitative estimate of drug-likeness (QED) is 0.713. The van der Waals surface area contributed by atoms with Crippen LogP contribution in [-0.2, 0) is 4.74 Å². The van der Waals surface area contributed by atoms with Crippen LogP contribution in [0.2, 0.25) is 0 Å². The van der Waals surface area contributed by atoms with E-state index in [4.69, 9.17) is 4.74 Å². The summed E-state index contributed by atoms with van der Waals surface area (Å²) >= 11 is 0.